The fourth-order valence-corrected chi connectivity index (χ4v) is 5.78. The molecule has 3 heterocycles. The van der Waals surface area contributed by atoms with Gasteiger partial charge in [-0.1, -0.05) is 19.3 Å². The van der Waals surface area contributed by atoms with E-state index in [1.54, 1.807) is 6.20 Å². The topological polar surface area (TPSA) is 94.1 Å². The highest BCUT2D eigenvalue weighted by Gasteiger charge is 2.35. The lowest BCUT2D eigenvalue weighted by atomic mass is 9.95. The van der Waals surface area contributed by atoms with Gasteiger partial charge in [-0.05, 0) is 25.7 Å². The van der Waals surface area contributed by atoms with Crippen LogP contribution >= 0.6 is 0 Å². The van der Waals surface area contributed by atoms with Gasteiger partial charge in [-0.15, -0.1) is 0 Å². The van der Waals surface area contributed by atoms with Gasteiger partial charge in [0, 0.05) is 31.5 Å². The van der Waals surface area contributed by atoms with Gasteiger partial charge >= 0.3 is 0 Å². The monoisotopic (exact) mass is 349 g/mol. The fraction of sp³-hybridized carbons (Fsp3) is 0.625. The molecule has 2 aromatic heterocycles. The first-order chi connectivity index (χ1) is 11.6. The average molecular weight is 349 g/mol. The molecule has 1 saturated heterocycles. The SMILES string of the molecule is Nc1c(S(=O)(=O)N2CCCC2)c2nccnc2n1C1CCCCC1. The van der Waals surface area contributed by atoms with Gasteiger partial charge in [0.25, 0.3) is 0 Å². The molecule has 1 saturated carbocycles. The zero-order valence-electron chi connectivity index (χ0n) is 13.7. The molecule has 0 bridgehead atoms. The zero-order valence-corrected chi connectivity index (χ0v) is 14.5. The number of anilines is 1. The van der Waals surface area contributed by atoms with Crippen LogP contribution in [-0.2, 0) is 10.0 Å². The quantitative estimate of drug-likeness (QED) is 0.917. The number of sulfonamides is 1. The van der Waals surface area contributed by atoms with Crippen LogP contribution in [0.4, 0.5) is 5.82 Å². The summed E-state index contributed by atoms with van der Waals surface area (Å²) in [6.45, 7) is 1.11. The van der Waals surface area contributed by atoms with E-state index in [9.17, 15) is 8.42 Å². The molecule has 0 aromatic carbocycles. The Kier molecular flexibility index (Phi) is 3.96. The van der Waals surface area contributed by atoms with Crippen molar-refractivity contribution >= 4 is 27.0 Å². The van der Waals surface area contributed by atoms with E-state index in [1.807, 2.05) is 4.57 Å². The van der Waals surface area contributed by atoms with Gasteiger partial charge in [0.2, 0.25) is 10.0 Å². The number of nitrogen functional groups attached to an aromatic ring is 1. The van der Waals surface area contributed by atoms with Gasteiger partial charge in [-0.2, -0.15) is 4.31 Å². The molecule has 7 nitrogen and oxygen atoms in total. The fourth-order valence-electron chi connectivity index (χ4n) is 4.03. The lowest BCUT2D eigenvalue weighted by Crippen LogP contribution is -2.28. The normalized spacial score (nSPS) is 20.8. The van der Waals surface area contributed by atoms with Crippen LogP contribution in [0.1, 0.15) is 51.0 Å². The maximum atomic E-state index is 13.1. The van der Waals surface area contributed by atoms with Crippen LogP contribution in [0.2, 0.25) is 0 Å². The van der Waals surface area contributed by atoms with E-state index < -0.39 is 10.0 Å². The van der Waals surface area contributed by atoms with Crippen molar-refractivity contribution in [2.75, 3.05) is 18.8 Å². The first-order valence-electron chi connectivity index (χ1n) is 8.71. The summed E-state index contributed by atoms with van der Waals surface area (Å²) in [6.07, 6.45) is 10.4. The highest BCUT2D eigenvalue weighted by molar-refractivity contribution is 7.89. The van der Waals surface area contributed by atoms with E-state index in [4.69, 9.17) is 5.73 Å². The number of nitrogens with two attached hydrogens (primary N) is 1. The molecule has 1 aliphatic carbocycles. The van der Waals surface area contributed by atoms with Crippen LogP contribution in [0.3, 0.4) is 0 Å². The second kappa shape index (κ2) is 6.00. The van der Waals surface area contributed by atoms with Crippen molar-refractivity contribution in [1.29, 1.82) is 0 Å². The van der Waals surface area contributed by atoms with Crippen LogP contribution in [-0.4, -0.2) is 40.3 Å². The Morgan fingerprint density at radius 2 is 1.67 bits per heavy atom. The molecule has 0 unspecified atom stereocenters. The van der Waals surface area contributed by atoms with Crippen molar-refractivity contribution in [2.24, 2.45) is 0 Å². The highest BCUT2D eigenvalue weighted by atomic mass is 32.2. The van der Waals surface area contributed by atoms with Crippen LogP contribution < -0.4 is 5.73 Å². The minimum atomic E-state index is -3.63. The van der Waals surface area contributed by atoms with Gasteiger partial charge in [0.15, 0.2) is 10.5 Å². The number of aromatic nitrogens is 3. The molecule has 4 rings (SSSR count). The number of hydrogen-bond donors (Lipinski definition) is 1. The Labute approximate surface area is 141 Å². The number of fused-ring (bicyclic) bond motifs is 1. The summed E-state index contributed by atoms with van der Waals surface area (Å²) in [5, 5.41) is 0. The van der Waals surface area contributed by atoms with Crippen LogP contribution in [0.25, 0.3) is 11.2 Å². The lowest BCUT2D eigenvalue weighted by Gasteiger charge is -2.25. The number of nitrogens with zero attached hydrogens (tertiary/aromatic N) is 4. The van der Waals surface area contributed by atoms with Gasteiger partial charge in [-0.3, -0.25) is 0 Å². The van der Waals surface area contributed by atoms with Crippen LogP contribution in [0.15, 0.2) is 17.3 Å². The van der Waals surface area contributed by atoms with Gasteiger partial charge < -0.3 is 10.3 Å². The van der Waals surface area contributed by atoms with Crippen molar-refractivity contribution in [3.8, 4) is 0 Å². The maximum absolute atomic E-state index is 13.1. The maximum Gasteiger partial charge on any atom is 0.248 e. The minimum absolute atomic E-state index is 0.151. The molecule has 0 amide bonds. The Morgan fingerprint density at radius 3 is 2.38 bits per heavy atom. The van der Waals surface area contributed by atoms with E-state index in [1.165, 1.54) is 16.9 Å². The predicted molar refractivity (Wildman–Crippen MR) is 92.1 cm³/mol. The molecule has 1 aliphatic heterocycles. The summed E-state index contributed by atoms with van der Waals surface area (Å²) in [6, 6.07) is 0.209. The third kappa shape index (κ3) is 2.39. The summed E-state index contributed by atoms with van der Waals surface area (Å²) in [5.74, 6) is 0.301. The Balaban J connectivity index is 1.91. The van der Waals surface area contributed by atoms with E-state index in [2.05, 4.69) is 9.97 Å². The molecule has 8 heteroatoms. The van der Waals surface area contributed by atoms with E-state index >= 15 is 0 Å². The van der Waals surface area contributed by atoms with Crippen molar-refractivity contribution in [1.82, 2.24) is 18.8 Å². The molecule has 2 fully saturated rings. The molecular formula is C16H23N5O2S. The predicted octanol–water partition coefficient (Wildman–Crippen LogP) is 2.30. The van der Waals surface area contributed by atoms with Crippen molar-refractivity contribution in [3.05, 3.63) is 12.4 Å². The highest BCUT2D eigenvalue weighted by Crippen LogP contribution is 2.39. The molecule has 2 aromatic rings. The van der Waals surface area contributed by atoms with Gasteiger partial charge in [0.1, 0.15) is 11.3 Å². The Bertz CT molecular complexity index is 849. The molecule has 2 N–H and O–H groups in total. The van der Waals surface area contributed by atoms with Crippen molar-refractivity contribution in [3.63, 3.8) is 0 Å². The molecule has 0 atom stereocenters. The van der Waals surface area contributed by atoms with Crippen molar-refractivity contribution < 1.29 is 8.42 Å². The first-order valence-corrected chi connectivity index (χ1v) is 10.2. The summed E-state index contributed by atoms with van der Waals surface area (Å²) in [7, 11) is -3.63. The third-order valence-electron chi connectivity index (χ3n) is 5.22. The summed E-state index contributed by atoms with van der Waals surface area (Å²) < 4.78 is 29.7. The average Bonchev–Trinajstić information content (AvgIpc) is 3.21. The summed E-state index contributed by atoms with van der Waals surface area (Å²) in [5.41, 5.74) is 7.38. The number of rotatable bonds is 3. The second-order valence-electron chi connectivity index (χ2n) is 6.72. The van der Waals surface area contributed by atoms with E-state index in [0.29, 0.717) is 30.1 Å². The molecular weight excluding hydrogens is 326 g/mol. The Morgan fingerprint density at radius 1 is 1.00 bits per heavy atom. The van der Waals surface area contributed by atoms with Crippen molar-refractivity contribution in [2.45, 2.75) is 55.9 Å². The largest absolute Gasteiger partial charge is 0.384 e. The smallest absolute Gasteiger partial charge is 0.248 e. The first kappa shape index (κ1) is 15.8. The van der Waals surface area contributed by atoms with Gasteiger partial charge in [0.05, 0.1) is 0 Å². The molecule has 130 valence electrons. The second-order valence-corrected chi connectivity index (χ2v) is 8.59. The van der Waals surface area contributed by atoms with Gasteiger partial charge in [-0.25, -0.2) is 18.4 Å². The summed E-state index contributed by atoms with van der Waals surface area (Å²) >= 11 is 0. The third-order valence-corrected chi connectivity index (χ3v) is 7.18. The molecule has 0 spiro atoms. The molecule has 24 heavy (non-hydrogen) atoms. The Hall–Kier alpha value is -1.67. The van der Waals surface area contributed by atoms with E-state index in [0.717, 1.165) is 38.5 Å². The molecule has 2 aliphatic rings. The van der Waals surface area contributed by atoms with Crippen LogP contribution in [0.5, 0.6) is 0 Å². The van der Waals surface area contributed by atoms with E-state index in [-0.39, 0.29) is 10.9 Å². The van der Waals surface area contributed by atoms with Crippen LogP contribution in [0, 0.1) is 0 Å². The minimum Gasteiger partial charge on any atom is -0.384 e. The lowest BCUT2D eigenvalue weighted by molar-refractivity contribution is 0.362. The standard InChI is InChI=1S/C16H23N5O2S/c17-15-14(24(22,23)20-10-4-5-11-20)13-16(19-9-8-18-13)21(15)12-6-2-1-3-7-12/h8-9,12H,1-7,10-11,17H2. The summed E-state index contributed by atoms with van der Waals surface area (Å²) in [4.78, 5) is 8.89. The zero-order chi connectivity index (χ0) is 16.7. The number of hydrogen-bond acceptors (Lipinski definition) is 5. The molecule has 0 radical (unpaired) electrons.